The zero-order chi connectivity index (χ0) is 19.8. The molecule has 1 atom stereocenters. The van der Waals surface area contributed by atoms with E-state index in [2.05, 4.69) is 65.3 Å². The first-order chi connectivity index (χ1) is 14.2. The SMILES string of the molecule is OB(O)c1ccc2c(c1)c1ccccc1n2C1=CC=CC2/C=C\C=C/CC(=C1)C2. The lowest BCUT2D eigenvalue weighted by molar-refractivity contribution is 0.426. The highest BCUT2D eigenvalue weighted by Crippen LogP contribution is 2.33. The van der Waals surface area contributed by atoms with Gasteiger partial charge in [0.05, 0.1) is 11.0 Å². The molecule has 2 aliphatic carbocycles. The van der Waals surface area contributed by atoms with Gasteiger partial charge in [0.15, 0.2) is 0 Å². The first-order valence-electron chi connectivity index (χ1n) is 10.0. The number of rotatable bonds is 2. The van der Waals surface area contributed by atoms with Crippen molar-refractivity contribution in [2.75, 3.05) is 0 Å². The first-order valence-corrected chi connectivity index (χ1v) is 10.0. The summed E-state index contributed by atoms with van der Waals surface area (Å²) in [7, 11) is -1.47. The van der Waals surface area contributed by atoms with E-state index in [0.29, 0.717) is 11.4 Å². The number of aromatic nitrogens is 1. The molecule has 3 nitrogen and oxygen atoms in total. The maximum absolute atomic E-state index is 9.63. The van der Waals surface area contributed by atoms with E-state index in [9.17, 15) is 10.0 Å². The summed E-state index contributed by atoms with van der Waals surface area (Å²) < 4.78 is 2.27. The molecule has 0 aliphatic heterocycles. The van der Waals surface area contributed by atoms with Gasteiger partial charge >= 0.3 is 7.12 Å². The van der Waals surface area contributed by atoms with Crippen LogP contribution in [0.15, 0.2) is 96.6 Å². The van der Waals surface area contributed by atoms with Gasteiger partial charge < -0.3 is 14.6 Å². The van der Waals surface area contributed by atoms with Gasteiger partial charge in [0.1, 0.15) is 0 Å². The van der Waals surface area contributed by atoms with Gasteiger partial charge in [-0.25, -0.2) is 0 Å². The molecule has 0 spiro atoms. The fourth-order valence-electron chi connectivity index (χ4n) is 4.33. The van der Waals surface area contributed by atoms with Gasteiger partial charge in [0.2, 0.25) is 0 Å². The molecule has 1 heterocycles. The van der Waals surface area contributed by atoms with Crippen molar-refractivity contribution in [2.45, 2.75) is 12.8 Å². The second-order valence-corrected chi connectivity index (χ2v) is 7.67. The average molecular weight is 379 g/mol. The number of fused-ring (bicyclic) bond motifs is 5. The minimum Gasteiger partial charge on any atom is -0.423 e. The summed E-state index contributed by atoms with van der Waals surface area (Å²) in [4.78, 5) is 0. The Hall–Kier alpha value is -3.08. The normalized spacial score (nSPS) is 21.0. The second-order valence-electron chi connectivity index (χ2n) is 7.67. The number of para-hydroxylation sites is 1. The van der Waals surface area contributed by atoms with Crippen molar-refractivity contribution in [2.24, 2.45) is 5.92 Å². The van der Waals surface area contributed by atoms with Crippen molar-refractivity contribution < 1.29 is 10.0 Å². The summed E-state index contributed by atoms with van der Waals surface area (Å²) >= 11 is 0. The van der Waals surface area contributed by atoms with E-state index in [1.807, 2.05) is 24.3 Å². The third-order valence-corrected chi connectivity index (χ3v) is 5.71. The lowest BCUT2D eigenvalue weighted by Crippen LogP contribution is -2.29. The zero-order valence-electron chi connectivity index (χ0n) is 16.1. The minimum atomic E-state index is -1.47. The van der Waals surface area contributed by atoms with Crippen LogP contribution in [0.2, 0.25) is 0 Å². The molecule has 2 bridgehead atoms. The predicted octanol–water partition coefficient (Wildman–Crippen LogP) is 4.33. The van der Waals surface area contributed by atoms with Crippen LogP contribution in [-0.2, 0) is 0 Å². The van der Waals surface area contributed by atoms with Crippen molar-refractivity contribution in [1.82, 2.24) is 4.57 Å². The minimum absolute atomic E-state index is 0.427. The van der Waals surface area contributed by atoms with Crippen molar-refractivity contribution in [1.29, 1.82) is 0 Å². The smallest absolute Gasteiger partial charge is 0.423 e. The highest BCUT2D eigenvalue weighted by atomic mass is 16.4. The van der Waals surface area contributed by atoms with Gasteiger partial charge in [-0.15, -0.1) is 0 Å². The molecule has 0 saturated heterocycles. The zero-order valence-corrected chi connectivity index (χ0v) is 16.1. The largest absolute Gasteiger partial charge is 0.488 e. The Balaban J connectivity index is 1.76. The molecule has 0 amide bonds. The van der Waals surface area contributed by atoms with Crippen molar-refractivity contribution in [3.8, 4) is 0 Å². The number of allylic oxidation sites excluding steroid dienone is 10. The van der Waals surface area contributed by atoms with Crippen molar-refractivity contribution >= 4 is 40.1 Å². The Bertz CT molecular complexity index is 1240. The summed E-state index contributed by atoms with van der Waals surface area (Å²) in [6, 6.07) is 13.9. The van der Waals surface area contributed by atoms with Crippen LogP contribution < -0.4 is 5.46 Å². The van der Waals surface area contributed by atoms with Gasteiger partial charge in [0.25, 0.3) is 0 Å². The lowest BCUT2D eigenvalue weighted by Gasteiger charge is -2.17. The fourth-order valence-corrected chi connectivity index (χ4v) is 4.33. The molecular weight excluding hydrogens is 357 g/mol. The Labute approximate surface area is 170 Å². The Morgan fingerprint density at radius 3 is 2.62 bits per heavy atom. The molecule has 4 heteroatoms. The van der Waals surface area contributed by atoms with Crippen LogP contribution in [0.4, 0.5) is 0 Å². The molecular formula is C25H22BNO2. The number of hydrogen-bond donors (Lipinski definition) is 2. The van der Waals surface area contributed by atoms with Gasteiger partial charge in [-0.05, 0) is 48.5 Å². The van der Waals surface area contributed by atoms with Gasteiger partial charge in [0, 0.05) is 16.5 Å². The molecule has 2 aliphatic rings. The summed E-state index contributed by atoms with van der Waals surface area (Å²) in [6.45, 7) is 0. The quantitative estimate of drug-likeness (QED) is 0.651. The fraction of sp³-hybridized carbons (Fsp3) is 0.120. The van der Waals surface area contributed by atoms with E-state index in [0.717, 1.165) is 40.3 Å². The molecule has 142 valence electrons. The van der Waals surface area contributed by atoms with E-state index in [4.69, 9.17) is 0 Å². The highest BCUT2D eigenvalue weighted by Gasteiger charge is 2.18. The third-order valence-electron chi connectivity index (χ3n) is 5.71. The molecule has 2 N–H and O–H groups in total. The topological polar surface area (TPSA) is 45.4 Å². The highest BCUT2D eigenvalue weighted by molar-refractivity contribution is 6.59. The average Bonchev–Trinajstić information content (AvgIpc) is 3.01. The molecule has 2 aromatic carbocycles. The molecule has 1 unspecified atom stereocenters. The summed E-state index contributed by atoms with van der Waals surface area (Å²) in [5.41, 5.74) is 5.20. The Morgan fingerprint density at radius 2 is 1.72 bits per heavy atom. The molecule has 1 aromatic heterocycles. The van der Waals surface area contributed by atoms with E-state index in [-0.39, 0.29) is 0 Å². The molecule has 3 aromatic rings. The van der Waals surface area contributed by atoms with Crippen LogP contribution in [0.3, 0.4) is 0 Å². The monoisotopic (exact) mass is 379 g/mol. The van der Waals surface area contributed by atoms with Crippen LogP contribution in [0, 0.1) is 5.92 Å². The van der Waals surface area contributed by atoms with Crippen LogP contribution in [0.5, 0.6) is 0 Å². The third kappa shape index (κ3) is 3.31. The lowest BCUT2D eigenvalue weighted by atomic mass is 9.80. The van der Waals surface area contributed by atoms with E-state index in [1.54, 1.807) is 6.07 Å². The molecule has 0 radical (unpaired) electrons. The van der Waals surface area contributed by atoms with Crippen LogP contribution in [0.25, 0.3) is 27.5 Å². The van der Waals surface area contributed by atoms with Crippen LogP contribution >= 0.6 is 0 Å². The van der Waals surface area contributed by atoms with Gasteiger partial charge in [-0.3, -0.25) is 0 Å². The molecule has 5 rings (SSSR count). The molecule has 0 fully saturated rings. The predicted molar refractivity (Wildman–Crippen MR) is 122 cm³/mol. The van der Waals surface area contributed by atoms with Crippen LogP contribution in [0.1, 0.15) is 12.8 Å². The van der Waals surface area contributed by atoms with E-state index < -0.39 is 7.12 Å². The van der Waals surface area contributed by atoms with Crippen molar-refractivity contribution in [3.05, 3.63) is 96.6 Å². The number of hydrogen-bond acceptors (Lipinski definition) is 2. The summed E-state index contributed by atoms with van der Waals surface area (Å²) in [6.07, 6.45) is 19.6. The first kappa shape index (κ1) is 18.0. The maximum atomic E-state index is 9.63. The second kappa shape index (κ2) is 7.39. The Kier molecular flexibility index (Phi) is 4.59. The molecule has 0 saturated carbocycles. The molecule has 29 heavy (non-hydrogen) atoms. The number of nitrogens with zero attached hydrogens (tertiary/aromatic N) is 1. The standard InChI is InChI=1S/C25H22BNO2/c28-26(29)20-13-14-25-23(17-20)22-11-4-5-12-24(22)27(25)21-10-6-9-18-7-2-1-3-8-19(15-18)16-21/h1-7,9-14,16-18,28-29H,8,15H2/b3-1-,7-2-,9-6?,19-16?,21-10?. The van der Waals surface area contributed by atoms with Gasteiger partial charge in [-0.2, -0.15) is 0 Å². The van der Waals surface area contributed by atoms with Gasteiger partial charge in [-0.1, -0.05) is 72.4 Å². The maximum Gasteiger partial charge on any atom is 0.488 e. The van der Waals surface area contributed by atoms with Crippen molar-refractivity contribution in [3.63, 3.8) is 0 Å². The Morgan fingerprint density at radius 1 is 0.897 bits per heavy atom. The number of benzene rings is 2. The summed E-state index contributed by atoms with van der Waals surface area (Å²) in [5.74, 6) is 0.427. The van der Waals surface area contributed by atoms with Crippen LogP contribution in [-0.4, -0.2) is 21.7 Å². The summed E-state index contributed by atoms with van der Waals surface area (Å²) in [5, 5.41) is 21.4. The van der Waals surface area contributed by atoms with E-state index in [1.165, 1.54) is 5.57 Å². The van der Waals surface area contributed by atoms with E-state index >= 15 is 0 Å².